The van der Waals surface area contributed by atoms with Crippen molar-refractivity contribution in [2.45, 2.75) is 37.8 Å². The fourth-order valence-corrected chi connectivity index (χ4v) is 6.40. The van der Waals surface area contributed by atoms with Gasteiger partial charge in [0.25, 0.3) is 0 Å². The average molecular weight is 619 g/mol. The summed E-state index contributed by atoms with van der Waals surface area (Å²) in [6.45, 7) is 10.2. The van der Waals surface area contributed by atoms with Gasteiger partial charge in [-0.05, 0) is 37.1 Å². The average Bonchev–Trinajstić information content (AvgIpc) is 2.99. The van der Waals surface area contributed by atoms with E-state index in [9.17, 15) is 14.4 Å². The predicted octanol–water partition coefficient (Wildman–Crippen LogP) is 3.91. The first kappa shape index (κ1) is 29.4. The van der Waals surface area contributed by atoms with Crippen molar-refractivity contribution < 1.29 is 18.4 Å². The Kier molecular flexibility index (Phi) is 7.61. The number of rotatable bonds is 3. The van der Waals surface area contributed by atoms with E-state index in [0.717, 1.165) is 17.8 Å². The molecule has 0 radical (unpaired) electrons. The molecule has 1 saturated heterocycles. The Labute approximate surface area is 255 Å². The topological polar surface area (TPSA) is 126 Å². The molecule has 6 rings (SSSR count). The van der Waals surface area contributed by atoms with Crippen LogP contribution in [-0.4, -0.2) is 72.6 Å². The van der Waals surface area contributed by atoms with Gasteiger partial charge in [0.05, 0.1) is 28.1 Å². The van der Waals surface area contributed by atoms with Crippen LogP contribution in [0.1, 0.15) is 32.4 Å². The van der Waals surface area contributed by atoms with Crippen LogP contribution in [0.5, 0.6) is 0 Å². The van der Waals surface area contributed by atoms with Gasteiger partial charge in [0.1, 0.15) is 34.4 Å². The van der Waals surface area contributed by atoms with Crippen molar-refractivity contribution in [3.05, 3.63) is 71.1 Å². The first-order chi connectivity index (χ1) is 21.1. The molecule has 5 heterocycles. The highest BCUT2D eigenvalue weighted by molar-refractivity contribution is 8.00. The van der Waals surface area contributed by atoms with Crippen molar-refractivity contribution in [2.75, 3.05) is 35.6 Å². The molecule has 2 aliphatic heterocycles. The lowest BCUT2D eigenvalue weighted by atomic mass is 10.1. The third-order valence-corrected chi connectivity index (χ3v) is 8.62. The zero-order valence-electron chi connectivity index (χ0n) is 24.2. The van der Waals surface area contributed by atoms with Crippen molar-refractivity contribution in [3.63, 3.8) is 0 Å². The van der Waals surface area contributed by atoms with Gasteiger partial charge in [-0.3, -0.25) is 9.59 Å². The van der Waals surface area contributed by atoms with E-state index in [4.69, 9.17) is 0 Å². The van der Waals surface area contributed by atoms with Crippen LogP contribution in [0.2, 0.25) is 0 Å². The van der Waals surface area contributed by atoms with Crippen LogP contribution in [0.3, 0.4) is 0 Å². The van der Waals surface area contributed by atoms with Gasteiger partial charge in [-0.1, -0.05) is 38.3 Å². The van der Waals surface area contributed by atoms with Crippen molar-refractivity contribution in [3.8, 4) is 16.9 Å². The summed E-state index contributed by atoms with van der Waals surface area (Å²) in [7, 11) is 0. The Hall–Kier alpha value is -4.72. The molecule has 11 nitrogen and oxygen atoms in total. The largest absolute Gasteiger partial charge is 0.355 e. The van der Waals surface area contributed by atoms with Gasteiger partial charge in [-0.2, -0.15) is 4.98 Å². The molecule has 0 spiro atoms. The van der Waals surface area contributed by atoms with Gasteiger partial charge in [-0.15, -0.1) is 0 Å². The number of carbonyl (C=O) groups is 2. The minimum absolute atomic E-state index is 0.0212. The Morgan fingerprint density at radius 2 is 1.95 bits per heavy atom. The summed E-state index contributed by atoms with van der Waals surface area (Å²) >= 11 is 1.08. The molecule has 0 unspecified atom stereocenters. The Morgan fingerprint density at radius 3 is 2.68 bits per heavy atom. The number of pyridine rings is 1. The number of hydrogen-bond donors (Lipinski definition) is 1. The highest BCUT2D eigenvalue weighted by Gasteiger charge is 2.32. The molecule has 1 N–H and O–H groups in total. The number of thioether (sulfide) groups is 1. The number of amides is 2. The lowest BCUT2D eigenvalue weighted by Crippen LogP contribution is -2.54. The molecule has 0 saturated carbocycles. The summed E-state index contributed by atoms with van der Waals surface area (Å²) in [5, 5.41) is 3.20. The van der Waals surface area contributed by atoms with E-state index in [1.807, 2.05) is 25.7 Å². The molecular formula is C30H28F2N8O3S. The molecule has 226 valence electrons. The van der Waals surface area contributed by atoms with E-state index >= 15 is 8.78 Å². The maximum absolute atomic E-state index is 16.1. The number of benzene rings is 1. The third-order valence-electron chi connectivity index (χ3n) is 7.64. The third kappa shape index (κ3) is 4.98. The fraction of sp³-hybridized carbons (Fsp3) is 0.300. The molecule has 0 aliphatic carbocycles. The minimum Gasteiger partial charge on any atom is -0.350 e. The maximum Gasteiger partial charge on any atom is 0.355 e. The Balaban J connectivity index is 1.70. The molecular weight excluding hydrogens is 590 g/mol. The second-order valence-electron chi connectivity index (χ2n) is 10.8. The SMILES string of the molecule is C=CC(=O)N1CCN(c2nc(=O)n3c4nc(c(F)cc24)-c2c(F)cccc2NC(=O)CSc2ncnc(C(C)C)c2-3)[C@H](C)C1. The van der Waals surface area contributed by atoms with Gasteiger partial charge in [0.15, 0.2) is 11.5 Å². The summed E-state index contributed by atoms with van der Waals surface area (Å²) in [6, 6.07) is 4.90. The van der Waals surface area contributed by atoms with Crippen LogP contribution in [0.25, 0.3) is 28.0 Å². The number of fused-ring (bicyclic) bond motifs is 5. The van der Waals surface area contributed by atoms with E-state index in [1.54, 1.807) is 4.90 Å². The Morgan fingerprint density at radius 1 is 1.16 bits per heavy atom. The highest BCUT2D eigenvalue weighted by Crippen LogP contribution is 2.38. The van der Waals surface area contributed by atoms with Crippen molar-refractivity contribution >= 4 is 46.1 Å². The molecule has 1 fully saturated rings. The molecule has 3 aromatic heterocycles. The van der Waals surface area contributed by atoms with Crippen molar-refractivity contribution in [1.82, 2.24) is 29.4 Å². The molecule has 2 amide bonds. The molecule has 14 heteroatoms. The van der Waals surface area contributed by atoms with Crippen LogP contribution in [0.15, 0.2) is 53.1 Å². The fourth-order valence-electron chi connectivity index (χ4n) is 5.61. The Bertz CT molecular complexity index is 1910. The lowest BCUT2D eigenvalue weighted by molar-refractivity contribution is -0.126. The highest BCUT2D eigenvalue weighted by atomic mass is 32.2. The van der Waals surface area contributed by atoms with Gasteiger partial charge < -0.3 is 15.1 Å². The van der Waals surface area contributed by atoms with Crippen LogP contribution in [0, 0.1) is 11.6 Å². The van der Waals surface area contributed by atoms with Crippen molar-refractivity contribution in [2.24, 2.45) is 0 Å². The van der Waals surface area contributed by atoms with E-state index < -0.39 is 23.2 Å². The lowest BCUT2D eigenvalue weighted by Gasteiger charge is -2.40. The number of carbonyl (C=O) groups excluding carboxylic acids is 2. The number of nitrogens with zero attached hydrogens (tertiary/aromatic N) is 7. The number of anilines is 2. The number of piperazine rings is 1. The van der Waals surface area contributed by atoms with Gasteiger partial charge in [0.2, 0.25) is 11.8 Å². The van der Waals surface area contributed by atoms with Gasteiger partial charge >= 0.3 is 5.69 Å². The zero-order chi connectivity index (χ0) is 31.3. The molecule has 2 aliphatic rings. The van der Waals surface area contributed by atoms with Gasteiger partial charge in [-0.25, -0.2) is 33.1 Å². The molecule has 4 aromatic rings. The summed E-state index contributed by atoms with van der Waals surface area (Å²) in [4.78, 5) is 60.7. The maximum atomic E-state index is 16.1. The van der Waals surface area contributed by atoms with Crippen LogP contribution in [0.4, 0.5) is 20.3 Å². The monoisotopic (exact) mass is 618 g/mol. The molecule has 1 aromatic carbocycles. The zero-order valence-corrected chi connectivity index (χ0v) is 25.0. The minimum atomic E-state index is -0.875. The van der Waals surface area contributed by atoms with E-state index in [2.05, 4.69) is 31.8 Å². The molecule has 1 atom stereocenters. The standard InChI is InChI=1S/C30H28F2N8O3S/c1-5-22(42)38-9-10-39(16(4)12-38)27-17-11-19(32)25-23-18(31)7-6-8-20(23)35-21(41)13-44-29-26(24(15(2)3)33-14-34-29)40(28(17)36-25)30(43)37-27/h5-8,11,14-16H,1,9-10,12-13H2,2-4H3,(H,35,41)/t16-/m1/s1. The number of halogens is 2. The van der Waals surface area contributed by atoms with E-state index in [-0.39, 0.29) is 63.1 Å². The summed E-state index contributed by atoms with van der Waals surface area (Å²) in [6.07, 6.45) is 2.60. The van der Waals surface area contributed by atoms with Crippen LogP contribution in [-0.2, 0) is 9.59 Å². The van der Waals surface area contributed by atoms with E-state index in [0.29, 0.717) is 30.4 Å². The first-order valence-corrected chi connectivity index (χ1v) is 15.0. The predicted molar refractivity (Wildman–Crippen MR) is 163 cm³/mol. The smallest absolute Gasteiger partial charge is 0.350 e. The summed E-state index contributed by atoms with van der Waals surface area (Å²) < 4.78 is 32.7. The number of hydrogen-bond acceptors (Lipinski definition) is 9. The molecule has 2 bridgehead atoms. The number of nitrogens with one attached hydrogen (secondary N) is 1. The second kappa shape index (κ2) is 11.4. The van der Waals surface area contributed by atoms with Crippen LogP contribution >= 0.6 is 11.8 Å². The number of aromatic nitrogens is 5. The summed E-state index contributed by atoms with van der Waals surface area (Å²) in [5.41, 5.74) is -0.557. The van der Waals surface area contributed by atoms with Crippen molar-refractivity contribution in [1.29, 1.82) is 0 Å². The second-order valence-corrected chi connectivity index (χ2v) is 11.8. The van der Waals surface area contributed by atoms with E-state index in [1.165, 1.54) is 35.2 Å². The quantitative estimate of drug-likeness (QED) is 0.269. The normalized spacial score (nSPS) is 16.7. The first-order valence-electron chi connectivity index (χ1n) is 14.0. The summed E-state index contributed by atoms with van der Waals surface area (Å²) in [5.74, 6) is -2.51. The van der Waals surface area contributed by atoms with Crippen LogP contribution < -0.4 is 15.9 Å². The molecule has 44 heavy (non-hydrogen) atoms. The van der Waals surface area contributed by atoms with Gasteiger partial charge in [0, 0.05) is 25.7 Å².